The Bertz CT molecular complexity index is 687. The van der Waals surface area contributed by atoms with Gasteiger partial charge in [0.1, 0.15) is 11.5 Å². The molecule has 2 N–H and O–H groups in total. The van der Waals surface area contributed by atoms with E-state index in [0.29, 0.717) is 12.3 Å². The molecule has 0 amide bonds. The number of aromatic nitrogens is 1. The van der Waals surface area contributed by atoms with Crippen LogP contribution in [-0.4, -0.2) is 4.98 Å². The van der Waals surface area contributed by atoms with Gasteiger partial charge in [0.15, 0.2) is 0 Å². The minimum absolute atomic E-state index is 0.439. The fourth-order valence-electron chi connectivity index (χ4n) is 2.00. The Morgan fingerprint density at radius 3 is 2.58 bits per heavy atom. The van der Waals surface area contributed by atoms with Crippen LogP contribution in [0.15, 0.2) is 60.8 Å². The summed E-state index contributed by atoms with van der Waals surface area (Å²) < 4.78 is 5.89. The van der Waals surface area contributed by atoms with Crippen LogP contribution >= 0.6 is 0 Å². The lowest BCUT2D eigenvalue weighted by Gasteiger charge is -2.08. The van der Waals surface area contributed by atoms with E-state index in [2.05, 4.69) is 17.1 Å². The Balaban J connectivity index is 1.96. The fourth-order valence-corrected chi connectivity index (χ4v) is 2.00. The van der Waals surface area contributed by atoms with Crippen LogP contribution in [0.5, 0.6) is 11.5 Å². The van der Waals surface area contributed by atoms with E-state index in [1.54, 1.807) is 6.20 Å². The fraction of sp³-hybridized carbons (Fsp3) is 0.0625. The highest BCUT2D eigenvalue weighted by Gasteiger charge is 2.03. The molecule has 0 saturated carbocycles. The van der Waals surface area contributed by atoms with Gasteiger partial charge in [-0.25, -0.2) is 0 Å². The Morgan fingerprint density at radius 2 is 1.79 bits per heavy atom. The molecule has 94 valence electrons. The largest absolute Gasteiger partial charge is 0.455 e. The third-order valence-electron chi connectivity index (χ3n) is 2.98. The summed E-state index contributed by atoms with van der Waals surface area (Å²) in [6, 6.07) is 17.9. The number of hydrogen-bond acceptors (Lipinski definition) is 3. The van der Waals surface area contributed by atoms with Crippen molar-refractivity contribution in [1.29, 1.82) is 0 Å². The van der Waals surface area contributed by atoms with Gasteiger partial charge in [-0.2, -0.15) is 0 Å². The van der Waals surface area contributed by atoms with Crippen LogP contribution in [0.3, 0.4) is 0 Å². The van der Waals surface area contributed by atoms with Crippen LogP contribution in [-0.2, 0) is 6.54 Å². The Kier molecular flexibility index (Phi) is 3.12. The topological polar surface area (TPSA) is 48.1 Å². The molecule has 0 bridgehead atoms. The number of ether oxygens (including phenoxy) is 1. The van der Waals surface area contributed by atoms with Crippen molar-refractivity contribution in [2.75, 3.05) is 0 Å². The first-order valence-corrected chi connectivity index (χ1v) is 6.17. The molecule has 0 aliphatic carbocycles. The Labute approximate surface area is 111 Å². The number of hydrogen-bond donors (Lipinski definition) is 1. The number of nitrogens with zero attached hydrogens (tertiary/aromatic N) is 1. The molecule has 0 unspecified atom stereocenters. The highest BCUT2D eigenvalue weighted by molar-refractivity contribution is 5.88. The molecule has 0 radical (unpaired) electrons. The summed E-state index contributed by atoms with van der Waals surface area (Å²) >= 11 is 0. The van der Waals surface area contributed by atoms with Gasteiger partial charge in [0.2, 0.25) is 0 Å². The molecule has 1 aromatic heterocycles. The van der Waals surface area contributed by atoms with Crippen molar-refractivity contribution in [2.24, 2.45) is 5.73 Å². The zero-order chi connectivity index (χ0) is 13.1. The molecule has 0 atom stereocenters. The second-order valence-electron chi connectivity index (χ2n) is 4.27. The average Bonchev–Trinajstić information content (AvgIpc) is 2.48. The van der Waals surface area contributed by atoms with E-state index in [0.717, 1.165) is 22.2 Å². The quantitative estimate of drug-likeness (QED) is 0.774. The molecule has 3 aromatic rings. The zero-order valence-corrected chi connectivity index (χ0v) is 10.4. The number of fused-ring (bicyclic) bond motifs is 1. The van der Waals surface area contributed by atoms with Crippen LogP contribution in [0.2, 0.25) is 0 Å². The van der Waals surface area contributed by atoms with E-state index in [-0.39, 0.29) is 0 Å². The van der Waals surface area contributed by atoms with Gasteiger partial charge < -0.3 is 10.5 Å². The van der Waals surface area contributed by atoms with Crippen molar-refractivity contribution < 1.29 is 4.74 Å². The van der Waals surface area contributed by atoms with E-state index in [9.17, 15) is 0 Å². The summed E-state index contributed by atoms with van der Waals surface area (Å²) in [4.78, 5) is 4.22. The van der Waals surface area contributed by atoms with Crippen molar-refractivity contribution in [3.05, 3.63) is 66.5 Å². The van der Waals surface area contributed by atoms with Gasteiger partial charge in [-0.1, -0.05) is 36.4 Å². The van der Waals surface area contributed by atoms with Crippen molar-refractivity contribution in [3.8, 4) is 11.5 Å². The average molecular weight is 250 g/mol. The van der Waals surface area contributed by atoms with E-state index < -0.39 is 0 Å². The minimum Gasteiger partial charge on any atom is -0.455 e. The van der Waals surface area contributed by atoms with Crippen LogP contribution in [0.1, 0.15) is 5.69 Å². The summed E-state index contributed by atoms with van der Waals surface area (Å²) in [7, 11) is 0. The molecule has 3 nitrogen and oxygen atoms in total. The number of rotatable bonds is 3. The third-order valence-corrected chi connectivity index (χ3v) is 2.98. The molecule has 0 saturated heterocycles. The van der Waals surface area contributed by atoms with Crippen molar-refractivity contribution in [1.82, 2.24) is 4.98 Å². The van der Waals surface area contributed by atoms with Gasteiger partial charge in [0, 0.05) is 11.9 Å². The van der Waals surface area contributed by atoms with Crippen LogP contribution in [0.4, 0.5) is 0 Å². The first kappa shape index (κ1) is 11.7. The monoisotopic (exact) mass is 250 g/mol. The predicted molar refractivity (Wildman–Crippen MR) is 76.2 cm³/mol. The highest BCUT2D eigenvalue weighted by atomic mass is 16.5. The molecule has 0 fully saturated rings. The first-order chi connectivity index (χ1) is 9.36. The molecule has 1 heterocycles. The maximum absolute atomic E-state index is 5.89. The van der Waals surface area contributed by atoms with Crippen LogP contribution < -0.4 is 10.5 Å². The summed E-state index contributed by atoms with van der Waals surface area (Å²) in [6.07, 6.45) is 1.70. The molecule has 2 aromatic carbocycles. The van der Waals surface area contributed by atoms with E-state index >= 15 is 0 Å². The lowest BCUT2D eigenvalue weighted by molar-refractivity contribution is 0.485. The van der Waals surface area contributed by atoms with Gasteiger partial charge >= 0.3 is 0 Å². The van der Waals surface area contributed by atoms with E-state index in [4.69, 9.17) is 10.5 Å². The minimum atomic E-state index is 0.439. The van der Waals surface area contributed by atoms with Crippen molar-refractivity contribution >= 4 is 10.8 Å². The van der Waals surface area contributed by atoms with E-state index in [1.807, 2.05) is 42.5 Å². The van der Waals surface area contributed by atoms with Gasteiger partial charge in [-0.3, -0.25) is 4.98 Å². The van der Waals surface area contributed by atoms with Crippen molar-refractivity contribution in [3.63, 3.8) is 0 Å². The Morgan fingerprint density at radius 1 is 0.947 bits per heavy atom. The zero-order valence-electron chi connectivity index (χ0n) is 10.4. The molecule has 0 aliphatic rings. The first-order valence-electron chi connectivity index (χ1n) is 6.17. The van der Waals surface area contributed by atoms with Gasteiger partial charge in [0.25, 0.3) is 0 Å². The van der Waals surface area contributed by atoms with Crippen molar-refractivity contribution in [2.45, 2.75) is 6.54 Å². The molecule has 3 heteroatoms. The number of nitrogens with two attached hydrogens (primary N) is 1. The third kappa shape index (κ3) is 2.41. The lowest BCUT2D eigenvalue weighted by atomic mass is 10.1. The standard InChI is InChI=1S/C16H14N2O/c17-10-13-8-9-14(11-18-13)19-16-7-3-5-12-4-1-2-6-15(12)16/h1-9,11H,10,17H2. The molecular weight excluding hydrogens is 236 g/mol. The summed E-state index contributed by atoms with van der Waals surface area (Å²) in [6.45, 7) is 0.439. The SMILES string of the molecule is NCc1ccc(Oc2cccc3ccccc23)cn1. The maximum Gasteiger partial charge on any atom is 0.145 e. The maximum atomic E-state index is 5.89. The predicted octanol–water partition coefficient (Wildman–Crippen LogP) is 3.49. The molecule has 0 spiro atoms. The number of pyridine rings is 1. The summed E-state index contributed by atoms with van der Waals surface area (Å²) in [5.41, 5.74) is 6.38. The van der Waals surface area contributed by atoms with Gasteiger partial charge in [0.05, 0.1) is 11.9 Å². The molecule has 3 rings (SSSR count). The van der Waals surface area contributed by atoms with Crippen LogP contribution in [0.25, 0.3) is 10.8 Å². The smallest absolute Gasteiger partial charge is 0.145 e. The van der Waals surface area contributed by atoms with Crippen LogP contribution in [0, 0.1) is 0 Å². The lowest BCUT2D eigenvalue weighted by Crippen LogP contribution is -1.98. The molecule has 0 aliphatic heterocycles. The second-order valence-corrected chi connectivity index (χ2v) is 4.27. The second kappa shape index (κ2) is 5.08. The highest BCUT2D eigenvalue weighted by Crippen LogP contribution is 2.29. The molecular formula is C16H14N2O. The Hall–Kier alpha value is -2.39. The van der Waals surface area contributed by atoms with Gasteiger partial charge in [-0.05, 0) is 23.6 Å². The summed E-state index contributed by atoms with van der Waals surface area (Å²) in [5, 5.41) is 2.25. The normalized spacial score (nSPS) is 10.6. The molecule has 19 heavy (non-hydrogen) atoms. The summed E-state index contributed by atoms with van der Waals surface area (Å²) in [5.74, 6) is 1.55. The number of benzene rings is 2. The van der Waals surface area contributed by atoms with E-state index in [1.165, 1.54) is 0 Å². The van der Waals surface area contributed by atoms with Gasteiger partial charge in [-0.15, -0.1) is 0 Å².